The lowest BCUT2D eigenvalue weighted by molar-refractivity contribution is -0.148. The third kappa shape index (κ3) is 9.75. The van der Waals surface area contributed by atoms with Gasteiger partial charge < -0.3 is 26.0 Å². The van der Waals surface area contributed by atoms with Crippen LogP contribution in [0, 0.1) is 11.8 Å². The fourth-order valence-electron chi connectivity index (χ4n) is 2.38. The highest BCUT2D eigenvalue weighted by Gasteiger charge is 2.24. The lowest BCUT2D eigenvalue weighted by atomic mass is 10.0. The van der Waals surface area contributed by atoms with Gasteiger partial charge in [-0.2, -0.15) is 0 Å². The highest BCUT2D eigenvalue weighted by Crippen LogP contribution is 2.11. The summed E-state index contributed by atoms with van der Waals surface area (Å²) in [6, 6.07) is 5.92. The molecule has 0 bridgehead atoms. The normalized spacial score (nSPS) is 11.4. The van der Waals surface area contributed by atoms with Crippen molar-refractivity contribution in [2.45, 2.75) is 40.3 Å². The first-order valence-corrected chi connectivity index (χ1v) is 9.93. The number of hydrogen-bond donors (Lipinski definition) is 4. The lowest BCUT2D eigenvalue weighted by Crippen LogP contribution is -2.52. The molecule has 4 N–H and O–H groups in total. The molecule has 0 aliphatic carbocycles. The van der Waals surface area contributed by atoms with Gasteiger partial charge in [0.15, 0.2) is 0 Å². The molecule has 0 heterocycles. The second kappa shape index (κ2) is 13.0. The molecular formula is C21H30N4O6. The molecule has 31 heavy (non-hydrogen) atoms. The molecular weight excluding hydrogens is 404 g/mol. The number of esters is 1. The van der Waals surface area contributed by atoms with Crippen LogP contribution in [0.4, 0.5) is 5.69 Å². The summed E-state index contributed by atoms with van der Waals surface area (Å²) < 4.78 is 5.14. The largest absolute Gasteiger partial charge is 0.461 e. The molecule has 1 rings (SSSR count). The van der Waals surface area contributed by atoms with E-state index in [1.807, 2.05) is 0 Å². The van der Waals surface area contributed by atoms with Gasteiger partial charge in [0, 0.05) is 5.69 Å². The Morgan fingerprint density at radius 3 is 2.16 bits per heavy atom. The minimum absolute atomic E-state index is 0.145. The maximum atomic E-state index is 12.3. The maximum Gasteiger partial charge on any atom is 0.308 e. The second-order valence-corrected chi connectivity index (χ2v) is 7.51. The molecule has 0 saturated heterocycles. The summed E-state index contributed by atoms with van der Waals surface area (Å²) >= 11 is 0. The van der Waals surface area contributed by atoms with Crippen LogP contribution in [0.25, 0.3) is 0 Å². The fourth-order valence-corrected chi connectivity index (χ4v) is 2.38. The molecule has 1 atom stereocenters. The summed E-state index contributed by atoms with van der Waals surface area (Å²) in [5.74, 6) is -2.17. The van der Waals surface area contributed by atoms with Gasteiger partial charge in [-0.25, -0.2) is 0 Å². The molecule has 10 nitrogen and oxygen atoms in total. The van der Waals surface area contributed by atoms with Gasteiger partial charge in [0.25, 0.3) is 0 Å². The summed E-state index contributed by atoms with van der Waals surface area (Å²) in [6.45, 7) is 6.62. The van der Waals surface area contributed by atoms with E-state index in [1.165, 1.54) is 0 Å². The van der Waals surface area contributed by atoms with E-state index in [0.717, 1.165) is 5.56 Å². The van der Waals surface area contributed by atoms with Gasteiger partial charge in [-0.3, -0.25) is 24.0 Å². The Labute approximate surface area is 181 Å². The molecule has 0 aliphatic heterocycles. The average molecular weight is 434 g/mol. The molecule has 1 aromatic rings. The van der Waals surface area contributed by atoms with E-state index in [0.29, 0.717) is 12.1 Å². The van der Waals surface area contributed by atoms with Crippen molar-refractivity contribution in [1.82, 2.24) is 16.0 Å². The van der Waals surface area contributed by atoms with E-state index in [9.17, 15) is 24.0 Å². The van der Waals surface area contributed by atoms with Crippen LogP contribution < -0.4 is 21.3 Å². The summed E-state index contributed by atoms with van der Waals surface area (Å²) in [5, 5.41) is 9.87. The minimum atomic E-state index is -0.846. The summed E-state index contributed by atoms with van der Waals surface area (Å²) in [7, 11) is 0. The van der Waals surface area contributed by atoms with E-state index < -0.39 is 23.8 Å². The smallest absolute Gasteiger partial charge is 0.308 e. The van der Waals surface area contributed by atoms with Crippen molar-refractivity contribution < 1.29 is 28.7 Å². The summed E-state index contributed by atoms with van der Waals surface area (Å²) in [4.78, 5) is 57.9. The van der Waals surface area contributed by atoms with Crippen LogP contribution in [0.1, 0.15) is 33.3 Å². The number of anilines is 1. The number of amides is 4. The Kier molecular flexibility index (Phi) is 10.7. The molecule has 170 valence electrons. The van der Waals surface area contributed by atoms with E-state index >= 15 is 0 Å². The van der Waals surface area contributed by atoms with Gasteiger partial charge >= 0.3 is 5.97 Å². The number of ether oxygens (including phenoxy) is 1. The third-order valence-corrected chi connectivity index (χ3v) is 4.12. The van der Waals surface area contributed by atoms with Gasteiger partial charge in [0.05, 0.1) is 19.0 Å². The van der Waals surface area contributed by atoms with Gasteiger partial charge in [-0.15, -0.1) is 0 Å². The second-order valence-electron chi connectivity index (χ2n) is 7.51. The Morgan fingerprint density at radius 1 is 0.968 bits per heavy atom. The zero-order chi connectivity index (χ0) is 23.4. The predicted octanol–water partition coefficient (Wildman–Crippen LogP) is 0.327. The van der Waals surface area contributed by atoms with E-state index in [-0.39, 0.29) is 37.5 Å². The van der Waals surface area contributed by atoms with Gasteiger partial charge in [0.1, 0.15) is 12.6 Å². The van der Waals surface area contributed by atoms with Crippen LogP contribution in [0.2, 0.25) is 0 Å². The number of carbonyl (C=O) groups is 5. The van der Waals surface area contributed by atoms with Crippen LogP contribution in [0.15, 0.2) is 24.3 Å². The maximum absolute atomic E-state index is 12.3. The van der Waals surface area contributed by atoms with Gasteiger partial charge in [-0.1, -0.05) is 39.8 Å². The van der Waals surface area contributed by atoms with Crippen molar-refractivity contribution in [3.8, 4) is 0 Å². The number of rotatable bonds is 12. The average Bonchev–Trinajstić information content (AvgIpc) is 2.73. The Hall–Kier alpha value is -3.43. The number of carbonyl (C=O) groups excluding carboxylic acids is 5. The molecule has 4 amide bonds. The van der Waals surface area contributed by atoms with Crippen molar-refractivity contribution in [1.29, 1.82) is 0 Å². The topological polar surface area (TPSA) is 143 Å². The van der Waals surface area contributed by atoms with Crippen LogP contribution in [-0.4, -0.2) is 49.2 Å². The number of hydrogen-bond acceptors (Lipinski definition) is 6. The van der Waals surface area contributed by atoms with E-state index in [1.54, 1.807) is 52.0 Å². The molecule has 0 fully saturated rings. The fraction of sp³-hybridized carbons (Fsp3) is 0.476. The molecule has 10 heteroatoms. The molecule has 0 saturated carbocycles. The van der Waals surface area contributed by atoms with Crippen molar-refractivity contribution in [2.24, 2.45) is 11.8 Å². The van der Waals surface area contributed by atoms with Crippen molar-refractivity contribution in [3.05, 3.63) is 29.8 Å². The van der Waals surface area contributed by atoms with Crippen LogP contribution in [0.5, 0.6) is 0 Å². The Bertz CT molecular complexity index is 777. The number of benzene rings is 1. The quantitative estimate of drug-likeness (QED) is 0.276. The zero-order valence-corrected chi connectivity index (χ0v) is 18.2. The Morgan fingerprint density at radius 2 is 1.61 bits per heavy atom. The van der Waals surface area contributed by atoms with Crippen molar-refractivity contribution in [3.63, 3.8) is 0 Å². The Balaban J connectivity index is 2.50. The highest BCUT2D eigenvalue weighted by atomic mass is 16.5. The van der Waals surface area contributed by atoms with Crippen molar-refractivity contribution >= 4 is 35.8 Å². The molecule has 1 unspecified atom stereocenters. The first kappa shape index (κ1) is 25.6. The predicted molar refractivity (Wildman–Crippen MR) is 114 cm³/mol. The summed E-state index contributed by atoms with van der Waals surface area (Å²) in [5.41, 5.74) is 1.30. The van der Waals surface area contributed by atoms with Crippen LogP contribution >= 0.6 is 0 Å². The van der Waals surface area contributed by atoms with Gasteiger partial charge in [0.2, 0.25) is 24.1 Å². The van der Waals surface area contributed by atoms with E-state index in [4.69, 9.17) is 4.74 Å². The molecule has 1 aromatic carbocycles. The first-order valence-electron chi connectivity index (χ1n) is 9.93. The molecule has 0 aliphatic rings. The zero-order valence-electron chi connectivity index (χ0n) is 18.2. The highest BCUT2D eigenvalue weighted by molar-refractivity contribution is 5.96. The standard InChI is InChI=1S/C21H30N4O6/c1-13(2)19(25-17(27)9-22-12-26)20(29)23-10-18(28)24-16-7-5-15(6-8-16)11-31-21(30)14(3)4/h5-8,12-14,19H,9-11H2,1-4H3,(H,22,26)(H,23,29)(H,24,28)(H,25,27). The van der Waals surface area contributed by atoms with Gasteiger partial charge in [-0.05, 0) is 23.6 Å². The van der Waals surface area contributed by atoms with Crippen LogP contribution in [0.3, 0.4) is 0 Å². The SMILES string of the molecule is CC(C)C(=O)OCc1ccc(NC(=O)CNC(=O)C(NC(=O)CNC=O)C(C)C)cc1. The molecule has 0 aromatic heterocycles. The summed E-state index contributed by atoms with van der Waals surface area (Å²) in [6.07, 6.45) is 0.388. The minimum Gasteiger partial charge on any atom is -0.461 e. The molecule has 0 spiro atoms. The third-order valence-electron chi connectivity index (χ3n) is 4.12. The first-order chi connectivity index (χ1) is 14.6. The number of nitrogens with one attached hydrogen (secondary N) is 4. The van der Waals surface area contributed by atoms with Crippen molar-refractivity contribution in [2.75, 3.05) is 18.4 Å². The lowest BCUT2D eigenvalue weighted by Gasteiger charge is -2.21. The monoisotopic (exact) mass is 434 g/mol. The van der Waals surface area contributed by atoms with E-state index in [2.05, 4.69) is 21.3 Å². The molecule has 0 radical (unpaired) electrons. The van der Waals surface area contributed by atoms with Crippen LogP contribution in [-0.2, 0) is 35.3 Å².